The lowest BCUT2D eigenvalue weighted by molar-refractivity contribution is 0.0497. The molecule has 3 nitrogen and oxygen atoms in total. The lowest BCUT2D eigenvalue weighted by Gasteiger charge is -2.05. The Morgan fingerprint density at radius 3 is 2.71 bits per heavy atom. The molecule has 1 aromatic carbocycles. The molecule has 0 amide bonds. The number of benzene rings is 1. The average Bonchev–Trinajstić information content (AvgIpc) is 2.27. The number of ether oxygens (including phenoxy) is 1. The molecule has 0 heterocycles. The summed E-state index contributed by atoms with van der Waals surface area (Å²) in [6.45, 7) is 2.48. The van der Waals surface area contributed by atoms with E-state index >= 15 is 0 Å². The standard InChI is InChI=1S/C13H18FNO2/c1-2-3-4-5-6-17-13(16)10-7-11(14)9-12(15)8-10/h7-9H,2-6,15H2,1H3. The largest absolute Gasteiger partial charge is 0.462 e. The Balaban J connectivity index is 2.41. The molecule has 0 saturated carbocycles. The van der Waals surface area contributed by atoms with E-state index in [0.717, 1.165) is 37.8 Å². The van der Waals surface area contributed by atoms with Gasteiger partial charge in [0.15, 0.2) is 0 Å². The van der Waals surface area contributed by atoms with Gasteiger partial charge in [-0.15, -0.1) is 0 Å². The van der Waals surface area contributed by atoms with Gasteiger partial charge in [-0.1, -0.05) is 26.2 Å². The molecule has 17 heavy (non-hydrogen) atoms. The molecule has 0 aliphatic rings. The van der Waals surface area contributed by atoms with Gasteiger partial charge in [0.2, 0.25) is 0 Å². The number of carbonyl (C=O) groups is 1. The summed E-state index contributed by atoms with van der Waals surface area (Å²) < 4.78 is 18.0. The Morgan fingerprint density at radius 1 is 1.29 bits per heavy atom. The van der Waals surface area contributed by atoms with Gasteiger partial charge in [-0.3, -0.25) is 0 Å². The van der Waals surface area contributed by atoms with Crippen LogP contribution in [0.3, 0.4) is 0 Å². The highest BCUT2D eigenvalue weighted by Crippen LogP contribution is 2.12. The number of anilines is 1. The van der Waals surface area contributed by atoms with Crippen LogP contribution in [0.2, 0.25) is 0 Å². The van der Waals surface area contributed by atoms with E-state index in [-0.39, 0.29) is 11.3 Å². The molecule has 0 aliphatic carbocycles. The van der Waals surface area contributed by atoms with Crippen LogP contribution in [0.4, 0.5) is 10.1 Å². The molecule has 0 bridgehead atoms. The number of nitrogen functional groups attached to an aromatic ring is 1. The van der Waals surface area contributed by atoms with Gasteiger partial charge in [0.1, 0.15) is 5.82 Å². The summed E-state index contributed by atoms with van der Waals surface area (Å²) in [5.74, 6) is -1.05. The summed E-state index contributed by atoms with van der Waals surface area (Å²) in [6.07, 6.45) is 4.14. The molecule has 0 saturated heterocycles. The van der Waals surface area contributed by atoms with Crippen molar-refractivity contribution in [3.05, 3.63) is 29.6 Å². The van der Waals surface area contributed by atoms with E-state index < -0.39 is 11.8 Å². The molecule has 94 valence electrons. The molecule has 2 N–H and O–H groups in total. The number of unbranched alkanes of at least 4 members (excludes halogenated alkanes) is 3. The van der Waals surface area contributed by atoms with Crippen molar-refractivity contribution in [3.63, 3.8) is 0 Å². The van der Waals surface area contributed by atoms with Gasteiger partial charge in [0.25, 0.3) is 0 Å². The predicted octanol–water partition coefficient (Wildman–Crippen LogP) is 3.15. The lowest BCUT2D eigenvalue weighted by Crippen LogP contribution is -2.07. The number of hydrogen-bond acceptors (Lipinski definition) is 3. The maximum absolute atomic E-state index is 13.0. The highest BCUT2D eigenvalue weighted by atomic mass is 19.1. The number of halogens is 1. The van der Waals surface area contributed by atoms with Crippen molar-refractivity contribution in [1.29, 1.82) is 0 Å². The number of nitrogens with two attached hydrogens (primary N) is 1. The van der Waals surface area contributed by atoms with E-state index in [9.17, 15) is 9.18 Å². The smallest absolute Gasteiger partial charge is 0.338 e. The average molecular weight is 239 g/mol. The first-order valence-electron chi connectivity index (χ1n) is 5.86. The van der Waals surface area contributed by atoms with Gasteiger partial charge in [-0.05, 0) is 24.6 Å². The molecule has 1 aromatic rings. The molecule has 0 fully saturated rings. The van der Waals surface area contributed by atoms with E-state index in [1.165, 1.54) is 6.07 Å². The van der Waals surface area contributed by atoms with Gasteiger partial charge < -0.3 is 10.5 Å². The first-order chi connectivity index (χ1) is 8.13. The Bertz CT molecular complexity index is 359. The van der Waals surface area contributed by atoms with Crippen LogP contribution in [-0.4, -0.2) is 12.6 Å². The van der Waals surface area contributed by atoms with Crippen LogP contribution in [0.15, 0.2) is 18.2 Å². The number of rotatable bonds is 6. The third kappa shape index (κ3) is 4.85. The highest BCUT2D eigenvalue weighted by Gasteiger charge is 2.09. The summed E-state index contributed by atoms with van der Waals surface area (Å²) in [4.78, 5) is 11.5. The van der Waals surface area contributed by atoms with Crippen LogP contribution < -0.4 is 5.73 Å². The Hall–Kier alpha value is -1.58. The van der Waals surface area contributed by atoms with Crippen molar-refractivity contribution in [1.82, 2.24) is 0 Å². The maximum Gasteiger partial charge on any atom is 0.338 e. The molecular weight excluding hydrogens is 221 g/mol. The SMILES string of the molecule is CCCCCCOC(=O)c1cc(N)cc(F)c1. The van der Waals surface area contributed by atoms with E-state index in [1.54, 1.807) is 0 Å². The van der Waals surface area contributed by atoms with Gasteiger partial charge in [-0.25, -0.2) is 9.18 Å². The molecule has 0 aromatic heterocycles. The molecule has 0 unspecified atom stereocenters. The molecule has 0 radical (unpaired) electrons. The Kier molecular flexibility index (Phi) is 5.46. The van der Waals surface area contributed by atoms with Crippen molar-refractivity contribution in [2.24, 2.45) is 0 Å². The minimum Gasteiger partial charge on any atom is -0.462 e. The number of carbonyl (C=O) groups excluding carboxylic acids is 1. The molecule has 1 rings (SSSR count). The molecule has 4 heteroatoms. The number of esters is 1. The van der Waals surface area contributed by atoms with Gasteiger partial charge in [-0.2, -0.15) is 0 Å². The maximum atomic E-state index is 13.0. The molecule has 0 aliphatic heterocycles. The summed E-state index contributed by atoms with van der Waals surface area (Å²) in [5, 5.41) is 0. The fraction of sp³-hybridized carbons (Fsp3) is 0.462. The zero-order chi connectivity index (χ0) is 12.7. The van der Waals surface area contributed by atoms with Crippen molar-refractivity contribution in [2.45, 2.75) is 32.6 Å². The van der Waals surface area contributed by atoms with E-state index in [0.29, 0.717) is 6.61 Å². The first-order valence-corrected chi connectivity index (χ1v) is 5.86. The van der Waals surface area contributed by atoms with Crippen molar-refractivity contribution < 1.29 is 13.9 Å². The molecule has 0 atom stereocenters. The third-order valence-electron chi connectivity index (χ3n) is 2.39. The molecular formula is C13H18FNO2. The summed E-state index contributed by atoms with van der Waals surface area (Å²) in [7, 11) is 0. The van der Waals surface area contributed by atoms with Crippen molar-refractivity contribution in [3.8, 4) is 0 Å². The van der Waals surface area contributed by atoms with Gasteiger partial charge in [0, 0.05) is 5.69 Å². The second-order valence-corrected chi connectivity index (χ2v) is 3.97. The monoisotopic (exact) mass is 239 g/mol. The number of hydrogen-bond donors (Lipinski definition) is 1. The van der Waals surface area contributed by atoms with Crippen LogP contribution >= 0.6 is 0 Å². The minimum atomic E-state index is -0.525. The summed E-state index contributed by atoms with van der Waals surface area (Å²) in [6, 6.07) is 3.71. The minimum absolute atomic E-state index is 0.165. The van der Waals surface area contributed by atoms with Crippen LogP contribution in [-0.2, 0) is 4.74 Å². The van der Waals surface area contributed by atoms with Crippen LogP contribution in [0.25, 0.3) is 0 Å². The second-order valence-electron chi connectivity index (χ2n) is 3.97. The highest BCUT2D eigenvalue weighted by molar-refractivity contribution is 5.90. The van der Waals surface area contributed by atoms with Crippen LogP contribution in [0, 0.1) is 5.82 Å². The topological polar surface area (TPSA) is 52.3 Å². The Morgan fingerprint density at radius 2 is 2.06 bits per heavy atom. The van der Waals surface area contributed by atoms with E-state index in [2.05, 4.69) is 6.92 Å². The zero-order valence-electron chi connectivity index (χ0n) is 10.0. The van der Waals surface area contributed by atoms with Gasteiger partial charge in [0.05, 0.1) is 12.2 Å². The fourth-order valence-electron chi connectivity index (χ4n) is 1.51. The van der Waals surface area contributed by atoms with E-state index in [4.69, 9.17) is 10.5 Å². The summed E-state index contributed by atoms with van der Waals surface area (Å²) in [5.41, 5.74) is 5.83. The van der Waals surface area contributed by atoms with Crippen LogP contribution in [0.1, 0.15) is 43.0 Å². The van der Waals surface area contributed by atoms with Crippen molar-refractivity contribution in [2.75, 3.05) is 12.3 Å². The van der Waals surface area contributed by atoms with Crippen LogP contribution in [0.5, 0.6) is 0 Å². The van der Waals surface area contributed by atoms with Crippen molar-refractivity contribution >= 4 is 11.7 Å². The van der Waals surface area contributed by atoms with Gasteiger partial charge >= 0.3 is 5.97 Å². The third-order valence-corrected chi connectivity index (χ3v) is 2.39. The molecule has 0 spiro atoms. The van der Waals surface area contributed by atoms with E-state index in [1.807, 2.05) is 0 Å². The lowest BCUT2D eigenvalue weighted by atomic mass is 10.2. The zero-order valence-corrected chi connectivity index (χ0v) is 10.0. The summed E-state index contributed by atoms with van der Waals surface area (Å²) >= 11 is 0. The quantitative estimate of drug-likeness (QED) is 0.471. The Labute approximate surface area is 101 Å². The predicted molar refractivity (Wildman–Crippen MR) is 65.2 cm³/mol. The first kappa shape index (κ1) is 13.5. The fourth-order valence-corrected chi connectivity index (χ4v) is 1.51. The second kappa shape index (κ2) is 6.89. The normalized spacial score (nSPS) is 10.2.